The number of carbonyl (C=O) groups is 2. The van der Waals surface area contributed by atoms with Gasteiger partial charge in [-0.25, -0.2) is 0 Å². The molecule has 5 nitrogen and oxygen atoms in total. The van der Waals surface area contributed by atoms with Gasteiger partial charge in [-0.2, -0.15) is 5.26 Å². The zero-order valence-electron chi connectivity index (χ0n) is 10.7. The first-order chi connectivity index (χ1) is 8.47. The van der Waals surface area contributed by atoms with Crippen LogP contribution in [-0.2, 0) is 9.59 Å². The number of hydrogen-bond donors (Lipinski definition) is 0. The average molecular weight is 247 g/mol. The monoisotopic (exact) mass is 247 g/mol. The summed E-state index contributed by atoms with van der Waals surface area (Å²) in [7, 11) is 0. The van der Waals surface area contributed by atoms with Crippen LogP contribution in [0, 0.1) is 16.7 Å². The van der Waals surface area contributed by atoms with Gasteiger partial charge in [0.15, 0.2) is 0 Å². The number of nitrogens with zero attached hydrogens (tertiary/aromatic N) is 3. The Balaban J connectivity index is 1.92. The van der Waals surface area contributed by atoms with Crippen LogP contribution in [0.2, 0.25) is 0 Å². The Morgan fingerprint density at radius 1 is 1.33 bits per heavy atom. The van der Waals surface area contributed by atoms with Crippen LogP contribution < -0.4 is 0 Å². The van der Waals surface area contributed by atoms with Crippen molar-refractivity contribution in [2.75, 3.05) is 6.54 Å². The second-order valence-corrected chi connectivity index (χ2v) is 6.01. The Labute approximate surface area is 106 Å². The molecule has 1 aliphatic carbocycles. The van der Waals surface area contributed by atoms with E-state index in [1.165, 1.54) is 0 Å². The molecule has 1 saturated carbocycles. The molecule has 0 bridgehead atoms. The summed E-state index contributed by atoms with van der Waals surface area (Å²) >= 11 is 0. The maximum Gasteiger partial charge on any atom is 0.246 e. The van der Waals surface area contributed by atoms with Gasteiger partial charge in [0.05, 0.1) is 11.5 Å². The highest BCUT2D eigenvalue weighted by atomic mass is 16.2. The van der Waals surface area contributed by atoms with Gasteiger partial charge < -0.3 is 9.80 Å². The molecular weight excluding hydrogens is 230 g/mol. The maximum atomic E-state index is 12.5. The molecule has 0 spiro atoms. The van der Waals surface area contributed by atoms with E-state index in [1.54, 1.807) is 16.7 Å². The zero-order valence-corrected chi connectivity index (χ0v) is 10.7. The number of nitriles is 1. The molecule has 3 fully saturated rings. The van der Waals surface area contributed by atoms with Crippen molar-refractivity contribution >= 4 is 11.8 Å². The normalized spacial score (nSPS) is 39.8. The fraction of sp³-hybridized carbons (Fsp3) is 0.769. The van der Waals surface area contributed by atoms with Gasteiger partial charge in [-0.3, -0.25) is 9.59 Å². The molecule has 3 aliphatic rings. The van der Waals surface area contributed by atoms with Gasteiger partial charge in [0.25, 0.3) is 0 Å². The summed E-state index contributed by atoms with van der Waals surface area (Å²) in [4.78, 5) is 28.2. The minimum atomic E-state index is -0.574. The van der Waals surface area contributed by atoms with Gasteiger partial charge in [-0.1, -0.05) is 0 Å². The second-order valence-electron chi connectivity index (χ2n) is 6.01. The molecule has 0 aromatic carbocycles. The third kappa shape index (κ3) is 1.45. The topological polar surface area (TPSA) is 64.4 Å². The Hall–Kier alpha value is -1.57. The largest absolute Gasteiger partial charge is 0.327 e. The molecule has 2 heterocycles. The minimum absolute atomic E-state index is 0.00507. The number of rotatable bonds is 1. The highest BCUT2D eigenvalue weighted by molar-refractivity contribution is 5.97. The fourth-order valence-corrected chi connectivity index (χ4v) is 3.19. The van der Waals surface area contributed by atoms with E-state index in [1.807, 2.05) is 6.92 Å². The van der Waals surface area contributed by atoms with Crippen molar-refractivity contribution in [3.8, 4) is 6.07 Å². The Morgan fingerprint density at radius 2 is 2.00 bits per heavy atom. The number of fused-ring (bicyclic) bond motifs is 1. The van der Waals surface area contributed by atoms with E-state index in [2.05, 4.69) is 6.07 Å². The Morgan fingerprint density at radius 3 is 2.56 bits per heavy atom. The van der Waals surface area contributed by atoms with Crippen molar-refractivity contribution in [3.63, 3.8) is 0 Å². The van der Waals surface area contributed by atoms with Crippen LogP contribution in [0.3, 0.4) is 0 Å². The molecule has 2 saturated heterocycles. The van der Waals surface area contributed by atoms with E-state index in [9.17, 15) is 14.9 Å². The van der Waals surface area contributed by atoms with Crippen molar-refractivity contribution in [2.45, 2.75) is 51.2 Å². The van der Waals surface area contributed by atoms with Crippen molar-refractivity contribution in [3.05, 3.63) is 0 Å². The van der Waals surface area contributed by atoms with Crippen LogP contribution in [0.5, 0.6) is 0 Å². The van der Waals surface area contributed by atoms with Crippen molar-refractivity contribution < 1.29 is 9.59 Å². The van der Waals surface area contributed by atoms with Gasteiger partial charge in [0, 0.05) is 12.6 Å². The van der Waals surface area contributed by atoms with E-state index in [4.69, 9.17) is 0 Å². The third-order valence-corrected chi connectivity index (χ3v) is 4.35. The van der Waals surface area contributed by atoms with Crippen LogP contribution in [0.4, 0.5) is 0 Å². The first kappa shape index (κ1) is 11.5. The van der Waals surface area contributed by atoms with Gasteiger partial charge in [0.2, 0.25) is 11.8 Å². The molecule has 2 aliphatic heterocycles. The molecule has 96 valence electrons. The lowest BCUT2D eigenvalue weighted by atomic mass is 9.89. The molecular formula is C13H17N3O2. The molecule has 2 amide bonds. The summed E-state index contributed by atoms with van der Waals surface area (Å²) in [6.45, 7) is 4.02. The number of amides is 2. The standard InChI is InChI=1S/C13H17N3O2/c1-8-11(17)15-7-13(2,6-14)5-10(15)12(18)16(8)9-3-4-9/h8-10H,3-5,7H2,1-2H3. The van der Waals surface area contributed by atoms with Crippen LogP contribution in [0.1, 0.15) is 33.1 Å². The summed E-state index contributed by atoms with van der Waals surface area (Å²) in [6, 6.07) is 1.74. The SMILES string of the molecule is CC1C(=O)N2CC(C)(C#N)CC2C(=O)N1C1CC1. The molecule has 5 heteroatoms. The summed E-state index contributed by atoms with van der Waals surface area (Å²) in [5, 5.41) is 9.19. The van der Waals surface area contributed by atoms with Crippen LogP contribution >= 0.6 is 0 Å². The number of piperazine rings is 1. The third-order valence-electron chi connectivity index (χ3n) is 4.35. The van der Waals surface area contributed by atoms with E-state index in [0.717, 1.165) is 12.8 Å². The zero-order chi connectivity index (χ0) is 13.1. The van der Waals surface area contributed by atoms with Gasteiger partial charge in [-0.15, -0.1) is 0 Å². The quantitative estimate of drug-likeness (QED) is 0.678. The first-order valence-corrected chi connectivity index (χ1v) is 6.51. The Kier molecular flexibility index (Phi) is 2.22. The van der Waals surface area contributed by atoms with Crippen molar-refractivity contribution in [2.24, 2.45) is 5.41 Å². The Bertz CT molecular complexity index is 465. The lowest BCUT2D eigenvalue weighted by Gasteiger charge is -2.41. The summed E-state index contributed by atoms with van der Waals surface area (Å²) in [6.07, 6.45) is 2.49. The van der Waals surface area contributed by atoms with E-state index < -0.39 is 11.5 Å². The van der Waals surface area contributed by atoms with Crippen LogP contribution in [-0.4, -0.2) is 46.3 Å². The highest BCUT2D eigenvalue weighted by Gasteiger charge is 2.55. The lowest BCUT2D eigenvalue weighted by Crippen LogP contribution is -2.62. The molecule has 3 unspecified atom stereocenters. The van der Waals surface area contributed by atoms with E-state index >= 15 is 0 Å². The summed E-state index contributed by atoms with van der Waals surface area (Å²) in [5.74, 6) is 0.0500. The van der Waals surface area contributed by atoms with Crippen molar-refractivity contribution in [1.82, 2.24) is 9.80 Å². The molecule has 18 heavy (non-hydrogen) atoms. The smallest absolute Gasteiger partial charge is 0.246 e. The van der Waals surface area contributed by atoms with Gasteiger partial charge in [0.1, 0.15) is 12.1 Å². The summed E-state index contributed by atoms with van der Waals surface area (Å²) < 4.78 is 0. The lowest BCUT2D eigenvalue weighted by molar-refractivity contribution is -0.159. The average Bonchev–Trinajstić information content (AvgIpc) is 3.10. The predicted octanol–water partition coefficient (Wildman–Crippen LogP) is 0.510. The molecule has 3 rings (SSSR count). The van der Waals surface area contributed by atoms with Gasteiger partial charge in [-0.05, 0) is 33.1 Å². The number of carbonyl (C=O) groups excluding carboxylic acids is 2. The van der Waals surface area contributed by atoms with E-state index in [0.29, 0.717) is 13.0 Å². The van der Waals surface area contributed by atoms with Crippen LogP contribution in [0.25, 0.3) is 0 Å². The number of hydrogen-bond acceptors (Lipinski definition) is 3. The molecule has 3 atom stereocenters. The molecule has 0 aromatic rings. The molecule has 0 N–H and O–H groups in total. The fourth-order valence-electron chi connectivity index (χ4n) is 3.19. The summed E-state index contributed by atoms with van der Waals surface area (Å²) in [5.41, 5.74) is -0.574. The van der Waals surface area contributed by atoms with Crippen LogP contribution in [0.15, 0.2) is 0 Å². The minimum Gasteiger partial charge on any atom is -0.327 e. The van der Waals surface area contributed by atoms with Gasteiger partial charge >= 0.3 is 0 Å². The highest BCUT2D eigenvalue weighted by Crippen LogP contribution is 2.41. The second kappa shape index (κ2) is 3.47. The molecule has 0 aromatic heterocycles. The van der Waals surface area contributed by atoms with E-state index in [-0.39, 0.29) is 23.9 Å². The first-order valence-electron chi connectivity index (χ1n) is 6.51. The van der Waals surface area contributed by atoms with Crippen molar-refractivity contribution in [1.29, 1.82) is 5.26 Å². The molecule has 0 radical (unpaired) electrons. The maximum absolute atomic E-state index is 12.5. The predicted molar refractivity (Wildman–Crippen MR) is 63.2 cm³/mol.